The average Bonchev–Trinajstić information content (AvgIpc) is 2.15. The highest BCUT2D eigenvalue weighted by Gasteiger charge is 2.57. The van der Waals surface area contributed by atoms with E-state index in [1.54, 1.807) is 6.92 Å². The number of hydrogen-bond donors (Lipinski definition) is 0. The maximum absolute atomic E-state index is 12.4. The fraction of sp³-hybridized carbons (Fsp3) is 0.900. The third-order valence-corrected chi connectivity index (χ3v) is 2.50. The molecule has 102 valence electrons. The van der Waals surface area contributed by atoms with E-state index in [0.29, 0.717) is 6.42 Å². The monoisotopic (exact) mass is 262 g/mol. The number of ether oxygens (including phenoxy) is 1. The molecule has 0 aromatic carbocycles. The lowest BCUT2D eigenvalue weighted by Gasteiger charge is -2.22. The van der Waals surface area contributed by atoms with E-state index in [-0.39, 0.29) is 0 Å². The van der Waals surface area contributed by atoms with Gasteiger partial charge < -0.3 is 4.74 Å². The van der Waals surface area contributed by atoms with Crippen LogP contribution in [0.4, 0.5) is 22.0 Å². The van der Waals surface area contributed by atoms with Crippen molar-refractivity contribution in [2.24, 2.45) is 5.41 Å². The van der Waals surface area contributed by atoms with Gasteiger partial charge in [-0.25, -0.2) is 0 Å². The molecule has 0 atom stereocenters. The topological polar surface area (TPSA) is 26.3 Å². The maximum Gasteiger partial charge on any atom is 0.453 e. The van der Waals surface area contributed by atoms with E-state index in [2.05, 4.69) is 4.74 Å². The van der Waals surface area contributed by atoms with Gasteiger partial charge in [0, 0.05) is 0 Å². The summed E-state index contributed by atoms with van der Waals surface area (Å²) in [7, 11) is 0. The second-order valence-electron chi connectivity index (χ2n) is 4.33. The second kappa shape index (κ2) is 5.18. The molecule has 0 amide bonds. The summed E-state index contributed by atoms with van der Waals surface area (Å²) in [6.07, 6.45) is -6.76. The smallest absolute Gasteiger partial charge is 0.453 e. The first-order chi connectivity index (χ1) is 7.44. The predicted octanol–water partition coefficient (Wildman–Crippen LogP) is 3.55. The maximum atomic E-state index is 12.4. The van der Waals surface area contributed by atoms with Crippen molar-refractivity contribution in [3.05, 3.63) is 0 Å². The van der Waals surface area contributed by atoms with Crippen LogP contribution in [-0.2, 0) is 9.53 Å². The van der Waals surface area contributed by atoms with E-state index in [0.717, 1.165) is 0 Å². The largest absolute Gasteiger partial charge is 0.465 e. The Labute approximate surface area is 96.1 Å². The minimum Gasteiger partial charge on any atom is -0.465 e. The van der Waals surface area contributed by atoms with Crippen molar-refractivity contribution in [2.75, 3.05) is 6.61 Å². The quantitative estimate of drug-likeness (QED) is 0.559. The van der Waals surface area contributed by atoms with E-state index in [4.69, 9.17) is 0 Å². The van der Waals surface area contributed by atoms with Crippen molar-refractivity contribution < 1.29 is 31.5 Å². The van der Waals surface area contributed by atoms with Gasteiger partial charge in [0.1, 0.15) is 0 Å². The zero-order valence-electron chi connectivity index (χ0n) is 9.83. The van der Waals surface area contributed by atoms with E-state index < -0.39 is 36.5 Å². The summed E-state index contributed by atoms with van der Waals surface area (Å²) in [5, 5.41) is 0. The summed E-state index contributed by atoms with van der Waals surface area (Å²) in [6, 6.07) is 0. The molecule has 0 aromatic rings. The molecule has 0 heterocycles. The third kappa shape index (κ3) is 4.47. The van der Waals surface area contributed by atoms with E-state index >= 15 is 0 Å². The summed E-state index contributed by atoms with van der Waals surface area (Å²) >= 11 is 0. The van der Waals surface area contributed by atoms with Gasteiger partial charge in [-0.15, -0.1) is 0 Å². The molecular formula is C10H15F5O2. The molecule has 17 heavy (non-hydrogen) atoms. The van der Waals surface area contributed by atoms with Crippen molar-refractivity contribution in [1.82, 2.24) is 0 Å². The molecule has 0 aliphatic rings. The first kappa shape index (κ1) is 16.1. The number of halogens is 5. The molecule has 0 radical (unpaired) electrons. The van der Waals surface area contributed by atoms with Crippen LogP contribution in [0.2, 0.25) is 0 Å². The Hall–Kier alpha value is -0.880. The highest BCUT2D eigenvalue weighted by Crippen LogP contribution is 2.38. The van der Waals surface area contributed by atoms with Gasteiger partial charge in [-0.3, -0.25) is 4.79 Å². The van der Waals surface area contributed by atoms with Crippen LogP contribution in [-0.4, -0.2) is 24.7 Å². The minimum atomic E-state index is -5.61. The van der Waals surface area contributed by atoms with Crippen LogP contribution in [0.15, 0.2) is 0 Å². The van der Waals surface area contributed by atoms with Gasteiger partial charge >= 0.3 is 18.1 Å². The Morgan fingerprint density at radius 2 is 1.59 bits per heavy atom. The number of rotatable bonds is 5. The molecule has 2 nitrogen and oxygen atoms in total. The standard InChI is InChI=1S/C10H15F5O2/c1-4-8(2,3)7(16)17-6-5-9(11,12)10(13,14)15/h4-6H2,1-3H3. The van der Waals surface area contributed by atoms with Crippen LogP contribution in [0.5, 0.6) is 0 Å². The fourth-order valence-electron chi connectivity index (χ4n) is 0.753. The van der Waals surface area contributed by atoms with Crippen LogP contribution in [0.3, 0.4) is 0 Å². The summed E-state index contributed by atoms with van der Waals surface area (Å²) in [5.41, 5.74) is -0.881. The summed E-state index contributed by atoms with van der Waals surface area (Å²) in [6.45, 7) is 3.79. The summed E-state index contributed by atoms with van der Waals surface area (Å²) in [5.74, 6) is -5.61. The van der Waals surface area contributed by atoms with E-state index in [1.807, 2.05) is 0 Å². The van der Waals surface area contributed by atoms with Crippen molar-refractivity contribution in [1.29, 1.82) is 0 Å². The Balaban J connectivity index is 4.22. The van der Waals surface area contributed by atoms with Crippen LogP contribution in [0.1, 0.15) is 33.6 Å². The van der Waals surface area contributed by atoms with Crippen molar-refractivity contribution in [2.45, 2.75) is 45.7 Å². The van der Waals surface area contributed by atoms with Gasteiger partial charge in [0.2, 0.25) is 0 Å². The Kier molecular flexibility index (Phi) is 4.91. The normalized spacial score (nSPS) is 13.6. The second-order valence-corrected chi connectivity index (χ2v) is 4.33. The summed E-state index contributed by atoms with van der Waals surface area (Å²) < 4.78 is 64.6. The summed E-state index contributed by atoms with van der Waals surface area (Å²) in [4.78, 5) is 11.3. The first-order valence-electron chi connectivity index (χ1n) is 5.06. The lowest BCUT2D eigenvalue weighted by molar-refractivity contribution is -0.286. The number of hydrogen-bond acceptors (Lipinski definition) is 2. The van der Waals surface area contributed by atoms with E-state index in [9.17, 15) is 26.7 Å². The van der Waals surface area contributed by atoms with Crippen LogP contribution in [0.25, 0.3) is 0 Å². The molecule has 0 rings (SSSR count). The van der Waals surface area contributed by atoms with Gasteiger partial charge in [0.05, 0.1) is 18.4 Å². The van der Waals surface area contributed by atoms with E-state index in [1.165, 1.54) is 13.8 Å². The van der Waals surface area contributed by atoms with Gasteiger partial charge in [-0.2, -0.15) is 22.0 Å². The van der Waals surface area contributed by atoms with Gasteiger partial charge in [0.15, 0.2) is 0 Å². The molecule has 0 aliphatic heterocycles. The van der Waals surface area contributed by atoms with Gasteiger partial charge in [-0.1, -0.05) is 6.92 Å². The lowest BCUT2D eigenvalue weighted by Crippen LogP contribution is -2.38. The number of carbonyl (C=O) groups excluding carboxylic acids is 1. The molecule has 0 aliphatic carbocycles. The Morgan fingerprint density at radius 1 is 1.12 bits per heavy atom. The molecule has 0 spiro atoms. The Bertz CT molecular complexity index is 270. The SMILES string of the molecule is CCC(C)(C)C(=O)OCCC(F)(F)C(F)(F)F. The molecule has 0 aromatic heterocycles. The fourth-order valence-corrected chi connectivity index (χ4v) is 0.753. The van der Waals surface area contributed by atoms with Crippen LogP contribution in [0, 0.1) is 5.41 Å². The molecule has 0 unspecified atom stereocenters. The molecule has 7 heteroatoms. The molecule has 0 fully saturated rings. The molecule has 0 N–H and O–H groups in total. The van der Waals surface area contributed by atoms with Gasteiger partial charge in [0.25, 0.3) is 0 Å². The molecular weight excluding hydrogens is 247 g/mol. The zero-order valence-corrected chi connectivity index (χ0v) is 9.83. The van der Waals surface area contributed by atoms with Gasteiger partial charge in [-0.05, 0) is 20.3 Å². The third-order valence-electron chi connectivity index (χ3n) is 2.50. The zero-order chi connectivity index (χ0) is 13.9. The lowest BCUT2D eigenvalue weighted by atomic mass is 9.91. The van der Waals surface area contributed by atoms with Crippen LogP contribution >= 0.6 is 0 Å². The predicted molar refractivity (Wildman–Crippen MR) is 50.7 cm³/mol. The first-order valence-corrected chi connectivity index (χ1v) is 5.06. The highest BCUT2D eigenvalue weighted by atomic mass is 19.4. The molecule has 0 saturated carbocycles. The molecule has 0 saturated heterocycles. The highest BCUT2D eigenvalue weighted by molar-refractivity contribution is 5.75. The number of carbonyl (C=O) groups is 1. The van der Waals surface area contributed by atoms with Crippen molar-refractivity contribution >= 4 is 5.97 Å². The van der Waals surface area contributed by atoms with Crippen molar-refractivity contribution in [3.8, 4) is 0 Å². The van der Waals surface area contributed by atoms with Crippen molar-refractivity contribution in [3.63, 3.8) is 0 Å². The number of alkyl halides is 5. The minimum absolute atomic E-state index is 0.404. The number of esters is 1. The Morgan fingerprint density at radius 3 is 1.94 bits per heavy atom. The average molecular weight is 262 g/mol. The van der Waals surface area contributed by atoms with Crippen LogP contribution < -0.4 is 0 Å². The molecule has 0 bridgehead atoms.